The number of hydrogen-bond donors (Lipinski definition) is 3. The van der Waals surface area contributed by atoms with Crippen LogP contribution in [-0.4, -0.2) is 91.7 Å². The fourth-order valence-electron chi connectivity index (χ4n) is 7.84. The number of carbonyl (C=O) groups is 2. The third kappa shape index (κ3) is 7.25. The first-order valence-electron chi connectivity index (χ1n) is 17.6. The standard InChI is InChI=1S/C35H52N8O3/c1-4-29-34(45)41(2)30-23-37-35(40-32(30)43(29)27-9-5-6-10-27)39-28-12-11-25(22-31(28)46-3)33(44)38-26-15-20-42(21-16-26)19-7-8-24-13-17-36-18-14-24/h11-12,22-24,26-27,29,36H,4-10,13-21H2,1-3H3,(H,38,44)(H,37,39,40)/t29-/m1/s1. The quantitative estimate of drug-likeness (QED) is 0.324. The van der Waals surface area contributed by atoms with Gasteiger partial charge in [0.25, 0.3) is 5.91 Å². The molecule has 3 N–H and O–H groups in total. The molecule has 0 spiro atoms. The van der Waals surface area contributed by atoms with Crippen molar-refractivity contribution in [2.24, 2.45) is 5.92 Å². The molecule has 1 aliphatic carbocycles. The number of anilines is 4. The second kappa shape index (κ2) is 15.0. The number of methoxy groups -OCH3 is 1. The van der Waals surface area contributed by atoms with E-state index in [0.717, 1.165) is 69.2 Å². The normalized spacial score (nSPS) is 21.8. The summed E-state index contributed by atoms with van der Waals surface area (Å²) in [7, 11) is 3.41. The molecule has 1 aromatic carbocycles. The Labute approximate surface area is 273 Å². The molecule has 11 heteroatoms. The predicted molar refractivity (Wildman–Crippen MR) is 182 cm³/mol. The number of carbonyl (C=O) groups excluding carboxylic acids is 2. The minimum absolute atomic E-state index is 0.0789. The Kier molecular flexibility index (Phi) is 10.6. The Hall–Kier alpha value is -3.44. The number of hydrogen-bond acceptors (Lipinski definition) is 9. The van der Waals surface area contributed by atoms with Gasteiger partial charge in [0.15, 0.2) is 5.82 Å². The van der Waals surface area contributed by atoms with Gasteiger partial charge in [-0.15, -0.1) is 0 Å². The zero-order valence-electron chi connectivity index (χ0n) is 27.9. The van der Waals surface area contributed by atoms with Crippen molar-refractivity contribution in [1.29, 1.82) is 0 Å². The van der Waals surface area contributed by atoms with Crippen molar-refractivity contribution >= 4 is 35.0 Å². The Bertz CT molecular complexity index is 1350. The maximum atomic E-state index is 13.3. The first-order chi connectivity index (χ1) is 22.4. The summed E-state index contributed by atoms with van der Waals surface area (Å²) in [4.78, 5) is 42.5. The third-order valence-corrected chi connectivity index (χ3v) is 10.6. The number of aromatic nitrogens is 2. The van der Waals surface area contributed by atoms with Gasteiger partial charge in [0.05, 0.1) is 19.0 Å². The highest BCUT2D eigenvalue weighted by Crippen LogP contribution is 2.40. The second-order valence-electron chi connectivity index (χ2n) is 13.5. The summed E-state index contributed by atoms with van der Waals surface area (Å²) >= 11 is 0. The van der Waals surface area contributed by atoms with Crippen molar-refractivity contribution in [2.75, 3.05) is 62.0 Å². The van der Waals surface area contributed by atoms with E-state index in [-0.39, 0.29) is 23.9 Å². The molecule has 0 bridgehead atoms. The van der Waals surface area contributed by atoms with E-state index < -0.39 is 0 Å². The highest BCUT2D eigenvalue weighted by molar-refractivity contribution is 6.04. The van der Waals surface area contributed by atoms with Crippen LogP contribution < -0.4 is 30.5 Å². The summed E-state index contributed by atoms with van der Waals surface area (Å²) in [5.74, 6) is 2.67. The van der Waals surface area contributed by atoms with E-state index in [1.54, 1.807) is 31.3 Å². The molecule has 0 unspecified atom stereocenters. The Morgan fingerprint density at radius 2 is 1.85 bits per heavy atom. The Balaban J connectivity index is 1.06. The fraction of sp³-hybridized carbons (Fsp3) is 0.657. The minimum atomic E-state index is -0.230. The summed E-state index contributed by atoms with van der Waals surface area (Å²) in [6.07, 6.45) is 14.1. The number of fused-ring (bicyclic) bond motifs is 1. The molecule has 4 heterocycles. The molecule has 1 atom stereocenters. The van der Waals surface area contributed by atoms with Crippen LogP contribution in [0.3, 0.4) is 0 Å². The van der Waals surface area contributed by atoms with Gasteiger partial charge in [-0.05, 0) is 102 Å². The highest BCUT2D eigenvalue weighted by Gasteiger charge is 2.41. The summed E-state index contributed by atoms with van der Waals surface area (Å²) in [6.45, 7) is 7.63. The molecule has 3 fully saturated rings. The number of nitrogens with one attached hydrogen (secondary N) is 3. The van der Waals surface area contributed by atoms with Crippen LogP contribution in [0.5, 0.6) is 5.75 Å². The van der Waals surface area contributed by atoms with Gasteiger partial charge >= 0.3 is 0 Å². The Morgan fingerprint density at radius 3 is 2.57 bits per heavy atom. The molecule has 3 aliphatic heterocycles. The fourth-order valence-corrected chi connectivity index (χ4v) is 7.84. The van der Waals surface area contributed by atoms with Crippen molar-refractivity contribution < 1.29 is 14.3 Å². The number of rotatable bonds is 11. The van der Waals surface area contributed by atoms with Gasteiger partial charge in [0.2, 0.25) is 11.9 Å². The largest absolute Gasteiger partial charge is 0.495 e. The van der Waals surface area contributed by atoms with Crippen LogP contribution in [0, 0.1) is 5.92 Å². The molecule has 6 rings (SSSR count). The van der Waals surface area contributed by atoms with Crippen LogP contribution in [0.1, 0.15) is 87.9 Å². The van der Waals surface area contributed by atoms with Gasteiger partial charge in [-0.3, -0.25) is 9.59 Å². The first kappa shape index (κ1) is 32.5. The number of likely N-dealkylation sites (tertiary alicyclic amines) is 1. The van der Waals surface area contributed by atoms with E-state index in [2.05, 4.69) is 37.7 Å². The van der Waals surface area contributed by atoms with Gasteiger partial charge in [0.1, 0.15) is 17.5 Å². The van der Waals surface area contributed by atoms with Gasteiger partial charge in [-0.1, -0.05) is 19.8 Å². The maximum absolute atomic E-state index is 13.3. The average Bonchev–Trinajstić information content (AvgIpc) is 3.62. The smallest absolute Gasteiger partial charge is 0.251 e. The number of piperidine rings is 2. The van der Waals surface area contributed by atoms with Crippen molar-refractivity contribution in [1.82, 2.24) is 25.5 Å². The monoisotopic (exact) mass is 632 g/mol. The van der Waals surface area contributed by atoms with Crippen molar-refractivity contribution in [2.45, 2.75) is 95.7 Å². The number of benzene rings is 1. The van der Waals surface area contributed by atoms with Crippen LogP contribution >= 0.6 is 0 Å². The van der Waals surface area contributed by atoms with E-state index in [4.69, 9.17) is 9.72 Å². The average molecular weight is 633 g/mol. The summed E-state index contributed by atoms with van der Waals surface area (Å²) in [6, 6.07) is 5.69. The zero-order chi connectivity index (χ0) is 32.0. The van der Waals surface area contributed by atoms with Gasteiger partial charge < -0.3 is 35.4 Å². The predicted octanol–water partition coefficient (Wildman–Crippen LogP) is 4.71. The summed E-state index contributed by atoms with van der Waals surface area (Å²) < 4.78 is 5.70. The second-order valence-corrected chi connectivity index (χ2v) is 13.5. The van der Waals surface area contributed by atoms with Gasteiger partial charge in [-0.25, -0.2) is 4.98 Å². The molecule has 46 heavy (non-hydrogen) atoms. The maximum Gasteiger partial charge on any atom is 0.251 e. The molecular formula is C35H52N8O3. The molecule has 2 saturated heterocycles. The van der Waals surface area contributed by atoms with Crippen molar-refractivity contribution in [3.05, 3.63) is 30.0 Å². The van der Waals surface area contributed by atoms with Gasteiger partial charge in [-0.2, -0.15) is 4.98 Å². The lowest BCUT2D eigenvalue weighted by molar-refractivity contribution is -0.120. The lowest BCUT2D eigenvalue weighted by Crippen LogP contribution is -2.55. The molecule has 1 saturated carbocycles. The van der Waals surface area contributed by atoms with E-state index in [0.29, 0.717) is 29.0 Å². The van der Waals surface area contributed by atoms with Crippen molar-refractivity contribution in [3.8, 4) is 5.75 Å². The number of likely N-dealkylation sites (N-methyl/N-ethyl adjacent to an activating group) is 1. The van der Waals surface area contributed by atoms with E-state index >= 15 is 0 Å². The zero-order valence-corrected chi connectivity index (χ0v) is 27.9. The molecule has 4 aliphatic rings. The molecule has 11 nitrogen and oxygen atoms in total. The SMILES string of the molecule is CC[C@@H]1C(=O)N(C)c2cnc(Nc3ccc(C(=O)NC4CCN(CCCC5CCNCC5)CC4)cc3OC)nc2N1C1CCCC1. The summed E-state index contributed by atoms with van der Waals surface area (Å²) in [5.41, 5.74) is 1.97. The first-order valence-corrected chi connectivity index (χ1v) is 17.6. The molecule has 2 amide bonds. The lowest BCUT2D eigenvalue weighted by atomic mass is 9.93. The minimum Gasteiger partial charge on any atom is -0.495 e. The number of nitrogens with zero attached hydrogens (tertiary/aromatic N) is 5. The van der Waals surface area contributed by atoms with E-state index in [9.17, 15) is 9.59 Å². The molecule has 0 radical (unpaired) electrons. The molecular weight excluding hydrogens is 580 g/mol. The van der Waals surface area contributed by atoms with Crippen molar-refractivity contribution in [3.63, 3.8) is 0 Å². The topological polar surface area (TPSA) is 115 Å². The van der Waals surface area contributed by atoms with Gasteiger partial charge in [0, 0.05) is 37.8 Å². The number of amides is 2. The third-order valence-electron chi connectivity index (χ3n) is 10.6. The molecule has 250 valence electrons. The number of ether oxygens (including phenoxy) is 1. The highest BCUT2D eigenvalue weighted by atomic mass is 16.5. The molecule has 2 aromatic rings. The lowest BCUT2D eigenvalue weighted by Gasteiger charge is -2.43. The van der Waals surface area contributed by atoms with Crippen LogP contribution in [0.15, 0.2) is 24.4 Å². The van der Waals surface area contributed by atoms with Crippen LogP contribution in [-0.2, 0) is 4.79 Å². The van der Waals surface area contributed by atoms with E-state index in [1.807, 2.05) is 12.1 Å². The summed E-state index contributed by atoms with van der Waals surface area (Å²) in [5, 5.41) is 10.0. The van der Waals surface area contributed by atoms with Crippen LogP contribution in [0.2, 0.25) is 0 Å². The molecule has 1 aromatic heterocycles. The van der Waals surface area contributed by atoms with Crippen LogP contribution in [0.4, 0.5) is 23.1 Å². The van der Waals surface area contributed by atoms with E-state index in [1.165, 1.54) is 51.6 Å². The van der Waals surface area contributed by atoms with Crippen LogP contribution in [0.25, 0.3) is 0 Å². The Morgan fingerprint density at radius 1 is 1.09 bits per heavy atom.